The highest BCUT2D eigenvalue weighted by Gasteiger charge is 2.58. The summed E-state index contributed by atoms with van der Waals surface area (Å²) in [4.78, 5) is 1.46. The van der Waals surface area contributed by atoms with Crippen molar-refractivity contribution in [1.29, 1.82) is 0 Å². The van der Waals surface area contributed by atoms with E-state index in [2.05, 4.69) is 40.3 Å². The standard InChI is InChI=1S/C15H22BrNOS/c1-2-18-13-10-12(15(13)7-3-8-15)17-9-6-11-4-5-14(16)19-11/h4-5,12-13,17H,2-3,6-10H2,1H3. The molecule has 3 rings (SSSR count). The van der Waals surface area contributed by atoms with Crippen molar-refractivity contribution in [1.82, 2.24) is 5.32 Å². The highest BCUT2D eigenvalue weighted by atomic mass is 79.9. The van der Waals surface area contributed by atoms with E-state index in [1.807, 2.05) is 11.3 Å². The summed E-state index contributed by atoms with van der Waals surface area (Å²) >= 11 is 5.37. The Bertz CT molecular complexity index is 430. The lowest BCUT2D eigenvalue weighted by Gasteiger charge is -2.61. The molecule has 1 N–H and O–H groups in total. The second-order valence-electron chi connectivity index (χ2n) is 5.73. The topological polar surface area (TPSA) is 21.3 Å². The number of halogens is 1. The molecule has 0 bridgehead atoms. The van der Waals surface area contributed by atoms with Crippen molar-refractivity contribution >= 4 is 27.3 Å². The number of hydrogen-bond donors (Lipinski definition) is 1. The van der Waals surface area contributed by atoms with Gasteiger partial charge in [0.1, 0.15) is 0 Å². The SMILES string of the molecule is CCOC1CC(NCCc2ccc(Br)s2)C12CCC2. The predicted octanol–water partition coefficient (Wildman–Crippen LogP) is 3.99. The summed E-state index contributed by atoms with van der Waals surface area (Å²) in [7, 11) is 0. The summed E-state index contributed by atoms with van der Waals surface area (Å²) in [5.41, 5.74) is 0.492. The Hall–Kier alpha value is 0.1000. The first-order valence-corrected chi connectivity index (χ1v) is 8.95. The average Bonchev–Trinajstić information content (AvgIpc) is 2.70. The van der Waals surface area contributed by atoms with Gasteiger partial charge in [0.25, 0.3) is 0 Å². The van der Waals surface area contributed by atoms with Crippen molar-refractivity contribution in [3.63, 3.8) is 0 Å². The molecule has 2 saturated carbocycles. The number of ether oxygens (including phenoxy) is 1. The third kappa shape index (κ3) is 2.65. The van der Waals surface area contributed by atoms with Gasteiger partial charge in [-0.1, -0.05) is 6.42 Å². The monoisotopic (exact) mass is 343 g/mol. The zero-order valence-electron chi connectivity index (χ0n) is 11.5. The Kier molecular flexibility index (Phi) is 4.32. The van der Waals surface area contributed by atoms with Gasteiger partial charge < -0.3 is 10.1 Å². The number of thiophene rings is 1. The van der Waals surface area contributed by atoms with Gasteiger partial charge in [-0.2, -0.15) is 0 Å². The Morgan fingerprint density at radius 2 is 2.32 bits per heavy atom. The largest absolute Gasteiger partial charge is 0.378 e. The highest BCUT2D eigenvalue weighted by Crippen LogP contribution is 2.57. The fraction of sp³-hybridized carbons (Fsp3) is 0.733. The van der Waals surface area contributed by atoms with Gasteiger partial charge in [-0.3, -0.25) is 0 Å². The second kappa shape index (κ2) is 5.84. The zero-order valence-corrected chi connectivity index (χ0v) is 13.9. The molecule has 106 valence electrons. The van der Waals surface area contributed by atoms with Crippen LogP contribution < -0.4 is 5.32 Å². The first kappa shape index (κ1) is 14.1. The first-order valence-electron chi connectivity index (χ1n) is 7.34. The normalized spacial score (nSPS) is 28.1. The van der Waals surface area contributed by atoms with Crippen molar-refractivity contribution in [2.45, 2.75) is 51.2 Å². The van der Waals surface area contributed by atoms with Crippen LogP contribution in [0, 0.1) is 5.41 Å². The van der Waals surface area contributed by atoms with Crippen molar-refractivity contribution in [3.8, 4) is 0 Å². The van der Waals surface area contributed by atoms with Crippen LogP contribution in [0.15, 0.2) is 15.9 Å². The third-order valence-electron chi connectivity index (χ3n) is 4.83. The summed E-state index contributed by atoms with van der Waals surface area (Å²) in [6.07, 6.45) is 6.99. The fourth-order valence-electron chi connectivity index (χ4n) is 3.58. The molecule has 2 aliphatic rings. The van der Waals surface area contributed by atoms with Gasteiger partial charge in [-0.25, -0.2) is 0 Å². The van der Waals surface area contributed by atoms with E-state index < -0.39 is 0 Å². The van der Waals surface area contributed by atoms with Crippen molar-refractivity contribution in [3.05, 3.63) is 20.8 Å². The summed E-state index contributed by atoms with van der Waals surface area (Å²) < 4.78 is 7.12. The maximum atomic E-state index is 5.89. The molecule has 2 unspecified atom stereocenters. The Balaban J connectivity index is 1.46. The van der Waals surface area contributed by atoms with Gasteiger partial charge >= 0.3 is 0 Å². The van der Waals surface area contributed by atoms with Gasteiger partial charge in [0.05, 0.1) is 9.89 Å². The fourth-order valence-corrected chi connectivity index (χ4v) is 5.06. The van der Waals surface area contributed by atoms with Crippen molar-refractivity contribution in [2.75, 3.05) is 13.2 Å². The van der Waals surface area contributed by atoms with E-state index >= 15 is 0 Å². The molecule has 1 aromatic rings. The third-order valence-corrected chi connectivity index (χ3v) is 6.51. The van der Waals surface area contributed by atoms with E-state index in [-0.39, 0.29) is 0 Å². The van der Waals surface area contributed by atoms with Gasteiger partial charge in [-0.15, -0.1) is 11.3 Å². The van der Waals surface area contributed by atoms with Gasteiger partial charge in [0, 0.05) is 29.5 Å². The minimum Gasteiger partial charge on any atom is -0.378 e. The molecule has 0 aromatic carbocycles. The lowest BCUT2D eigenvalue weighted by atomic mass is 9.51. The summed E-state index contributed by atoms with van der Waals surface area (Å²) in [5, 5.41) is 3.77. The minimum absolute atomic E-state index is 0.492. The quantitative estimate of drug-likeness (QED) is 0.843. The molecule has 2 aliphatic carbocycles. The number of rotatable bonds is 6. The molecule has 0 amide bonds. The molecule has 19 heavy (non-hydrogen) atoms. The van der Waals surface area contributed by atoms with Crippen molar-refractivity contribution < 1.29 is 4.74 Å². The molecule has 2 atom stereocenters. The maximum Gasteiger partial charge on any atom is 0.0701 e. The molecular formula is C15H22BrNOS. The van der Waals surface area contributed by atoms with Crippen LogP contribution in [0.1, 0.15) is 37.5 Å². The van der Waals surface area contributed by atoms with E-state index in [4.69, 9.17) is 4.74 Å². The molecule has 1 spiro atoms. The lowest BCUT2D eigenvalue weighted by molar-refractivity contribution is -0.172. The van der Waals surface area contributed by atoms with Crippen LogP contribution in [0.2, 0.25) is 0 Å². The Morgan fingerprint density at radius 1 is 1.47 bits per heavy atom. The summed E-state index contributed by atoms with van der Waals surface area (Å²) in [6.45, 7) is 4.07. The number of nitrogens with one attached hydrogen (secondary N) is 1. The average molecular weight is 344 g/mol. The second-order valence-corrected chi connectivity index (χ2v) is 8.28. The zero-order chi connectivity index (χ0) is 13.3. The van der Waals surface area contributed by atoms with Crippen LogP contribution in [-0.4, -0.2) is 25.3 Å². The van der Waals surface area contributed by atoms with Crippen LogP contribution in [0.25, 0.3) is 0 Å². The highest BCUT2D eigenvalue weighted by molar-refractivity contribution is 9.11. The predicted molar refractivity (Wildman–Crippen MR) is 83.8 cm³/mol. The number of hydrogen-bond acceptors (Lipinski definition) is 3. The summed E-state index contributed by atoms with van der Waals surface area (Å²) in [6, 6.07) is 5.06. The molecule has 0 aliphatic heterocycles. The van der Waals surface area contributed by atoms with Gasteiger partial charge in [0.15, 0.2) is 0 Å². The van der Waals surface area contributed by atoms with Gasteiger partial charge in [0.2, 0.25) is 0 Å². The van der Waals surface area contributed by atoms with Crippen molar-refractivity contribution in [2.24, 2.45) is 5.41 Å². The van der Waals surface area contributed by atoms with E-state index in [0.29, 0.717) is 17.6 Å². The van der Waals surface area contributed by atoms with E-state index in [9.17, 15) is 0 Å². The van der Waals surface area contributed by atoms with Crippen LogP contribution in [0.4, 0.5) is 0 Å². The molecular weight excluding hydrogens is 322 g/mol. The molecule has 1 aromatic heterocycles. The van der Waals surface area contributed by atoms with Gasteiger partial charge in [-0.05, 0) is 60.7 Å². The molecule has 0 radical (unpaired) electrons. The Labute approximate surface area is 128 Å². The van der Waals surface area contributed by atoms with Crippen LogP contribution in [0.5, 0.6) is 0 Å². The van der Waals surface area contributed by atoms with Crippen LogP contribution >= 0.6 is 27.3 Å². The molecule has 2 nitrogen and oxygen atoms in total. The van der Waals surface area contributed by atoms with E-state index in [1.54, 1.807) is 0 Å². The van der Waals surface area contributed by atoms with E-state index in [0.717, 1.165) is 19.6 Å². The Morgan fingerprint density at radius 3 is 2.89 bits per heavy atom. The smallest absolute Gasteiger partial charge is 0.0701 e. The minimum atomic E-state index is 0.492. The maximum absolute atomic E-state index is 5.89. The van der Waals surface area contributed by atoms with Crippen LogP contribution in [-0.2, 0) is 11.2 Å². The molecule has 2 fully saturated rings. The first-order chi connectivity index (χ1) is 9.24. The molecule has 1 heterocycles. The lowest BCUT2D eigenvalue weighted by Crippen LogP contribution is -2.67. The summed E-state index contributed by atoms with van der Waals surface area (Å²) in [5.74, 6) is 0. The molecule has 4 heteroatoms. The van der Waals surface area contributed by atoms with Crippen LogP contribution in [0.3, 0.4) is 0 Å². The van der Waals surface area contributed by atoms with E-state index in [1.165, 1.54) is 34.3 Å². The molecule has 0 saturated heterocycles.